The lowest BCUT2D eigenvalue weighted by Gasteiger charge is -2.13. The zero-order valence-electron chi connectivity index (χ0n) is 15.9. The molecule has 1 aromatic carbocycles. The fraction of sp³-hybridized carbons (Fsp3) is 0.421. The average Bonchev–Trinajstić information content (AvgIpc) is 3.29. The molecule has 0 saturated carbocycles. The maximum atomic E-state index is 13.0. The van der Waals surface area contributed by atoms with Crippen LogP contribution in [0.2, 0.25) is 5.02 Å². The number of benzene rings is 1. The molecular formula is C19H20ClF3N6O. The SMILES string of the molecule is O=c1[nH]c2cnc(NC[C@H]3CCNC3)nc2n1Cc1cc(Cl)ccc1CC(F)(F)F. The molecule has 1 fully saturated rings. The Labute approximate surface area is 174 Å². The highest BCUT2D eigenvalue weighted by Gasteiger charge is 2.29. The minimum atomic E-state index is -4.37. The molecule has 3 heterocycles. The van der Waals surface area contributed by atoms with Crippen LogP contribution in [0.25, 0.3) is 11.2 Å². The van der Waals surface area contributed by atoms with Crippen LogP contribution in [-0.2, 0) is 13.0 Å². The van der Waals surface area contributed by atoms with Gasteiger partial charge >= 0.3 is 11.9 Å². The summed E-state index contributed by atoms with van der Waals surface area (Å²) in [6.07, 6.45) is -2.93. The maximum Gasteiger partial charge on any atom is 0.393 e. The Bertz CT molecular complexity index is 1100. The molecule has 7 nitrogen and oxygen atoms in total. The van der Waals surface area contributed by atoms with Crippen LogP contribution in [0.15, 0.2) is 29.2 Å². The zero-order valence-corrected chi connectivity index (χ0v) is 16.6. The third kappa shape index (κ3) is 4.76. The van der Waals surface area contributed by atoms with E-state index < -0.39 is 18.3 Å². The summed E-state index contributed by atoms with van der Waals surface area (Å²) in [7, 11) is 0. The van der Waals surface area contributed by atoms with Gasteiger partial charge in [-0.15, -0.1) is 0 Å². The molecule has 11 heteroatoms. The number of alkyl halides is 3. The van der Waals surface area contributed by atoms with Gasteiger partial charge in [-0.2, -0.15) is 18.2 Å². The van der Waals surface area contributed by atoms with Crippen molar-refractivity contribution in [2.45, 2.75) is 25.6 Å². The molecular weight excluding hydrogens is 421 g/mol. The molecule has 0 spiro atoms. The summed E-state index contributed by atoms with van der Waals surface area (Å²) < 4.78 is 40.2. The summed E-state index contributed by atoms with van der Waals surface area (Å²) in [5.74, 6) is 0.831. The van der Waals surface area contributed by atoms with Gasteiger partial charge in [-0.3, -0.25) is 4.57 Å². The van der Waals surface area contributed by atoms with Crippen molar-refractivity contribution in [3.63, 3.8) is 0 Å². The predicted octanol–water partition coefficient (Wildman–Crippen LogP) is 2.95. The van der Waals surface area contributed by atoms with Crippen LogP contribution in [0.5, 0.6) is 0 Å². The highest BCUT2D eigenvalue weighted by atomic mass is 35.5. The third-order valence-electron chi connectivity index (χ3n) is 5.11. The molecule has 1 atom stereocenters. The van der Waals surface area contributed by atoms with Gasteiger partial charge in [-0.25, -0.2) is 9.78 Å². The van der Waals surface area contributed by atoms with E-state index in [0.29, 0.717) is 40.2 Å². The normalized spacial score (nSPS) is 17.0. The number of rotatable bonds is 6. The van der Waals surface area contributed by atoms with Crippen molar-refractivity contribution >= 4 is 28.7 Å². The third-order valence-corrected chi connectivity index (χ3v) is 5.35. The summed E-state index contributed by atoms with van der Waals surface area (Å²) in [4.78, 5) is 23.7. The Kier molecular flexibility index (Phi) is 5.70. The minimum Gasteiger partial charge on any atom is -0.354 e. The van der Waals surface area contributed by atoms with Crippen LogP contribution >= 0.6 is 11.6 Å². The minimum absolute atomic E-state index is 0.0642. The summed E-state index contributed by atoms with van der Waals surface area (Å²) >= 11 is 6.00. The van der Waals surface area contributed by atoms with E-state index in [4.69, 9.17) is 11.6 Å². The molecule has 3 aromatic rings. The smallest absolute Gasteiger partial charge is 0.354 e. The van der Waals surface area contributed by atoms with Crippen molar-refractivity contribution in [1.29, 1.82) is 0 Å². The van der Waals surface area contributed by atoms with Crippen molar-refractivity contribution in [3.8, 4) is 0 Å². The van der Waals surface area contributed by atoms with Crippen molar-refractivity contribution in [2.24, 2.45) is 5.92 Å². The van der Waals surface area contributed by atoms with Crippen LogP contribution < -0.4 is 16.3 Å². The van der Waals surface area contributed by atoms with E-state index in [0.717, 1.165) is 19.5 Å². The number of halogens is 4. The Morgan fingerprint density at radius 2 is 2.13 bits per heavy atom. The molecule has 0 bridgehead atoms. The monoisotopic (exact) mass is 440 g/mol. The fourth-order valence-corrected chi connectivity index (χ4v) is 3.80. The van der Waals surface area contributed by atoms with E-state index in [1.165, 1.54) is 29.0 Å². The Balaban J connectivity index is 1.64. The van der Waals surface area contributed by atoms with Crippen molar-refractivity contribution in [2.75, 3.05) is 25.0 Å². The number of nitrogens with one attached hydrogen (secondary N) is 3. The number of anilines is 1. The maximum absolute atomic E-state index is 13.0. The molecule has 30 heavy (non-hydrogen) atoms. The fourth-order valence-electron chi connectivity index (χ4n) is 3.60. The number of aromatic amines is 1. The number of nitrogens with zero attached hydrogens (tertiary/aromatic N) is 3. The Morgan fingerprint density at radius 3 is 2.87 bits per heavy atom. The molecule has 2 aromatic heterocycles. The van der Waals surface area contributed by atoms with Crippen molar-refractivity contribution in [3.05, 3.63) is 51.0 Å². The molecule has 0 unspecified atom stereocenters. The van der Waals surface area contributed by atoms with Crippen molar-refractivity contribution in [1.82, 2.24) is 24.8 Å². The van der Waals surface area contributed by atoms with E-state index in [-0.39, 0.29) is 12.1 Å². The topological polar surface area (TPSA) is 87.6 Å². The number of imidazole rings is 1. The summed E-state index contributed by atoms with van der Waals surface area (Å²) in [5, 5.41) is 6.75. The lowest BCUT2D eigenvalue weighted by molar-refractivity contribution is -0.127. The van der Waals surface area contributed by atoms with Crippen molar-refractivity contribution < 1.29 is 13.2 Å². The molecule has 160 valence electrons. The first-order chi connectivity index (χ1) is 14.3. The van der Waals surface area contributed by atoms with Gasteiger partial charge < -0.3 is 15.6 Å². The zero-order chi connectivity index (χ0) is 21.3. The second-order valence-electron chi connectivity index (χ2n) is 7.39. The standard InChI is InChI=1S/C19H20ClF3N6O/c20-14-2-1-12(6-19(21,22)23)13(5-14)10-29-16-15(27-18(29)30)9-26-17(28-16)25-8-11-3-4-24-7-11/h1-2,5,9,11,24H,3-4,6-8,10H2,(H,27,30)(H,25,26,28)/t11-/m0/s1. The first kappa shape index (κ1) is 20.7. The van der Waals surface area contributed by atoms with Gasteiger partial charge in [0.2, 0.25) is 5.95 Å². The highest BCUT2D eigenvalue weighted by Crippen LogP contribution is 2.26. The lowest BCUT2D eigenvalue weighted by Crippen LogP contribution is -2.21. The van der Waals surface area contributed by atoms with Crippen LogP contribution in [0.3, 0.4) is 0 Å². The molecule has 0 amide bonds. The second-order valence-corrected chi connectivity index (χ2v) is 7.83. The number of H-pyrrole nitrogens is 1. The van der Waals surface area contributed by atoms with E-state index in [9.17, 15) is 18.0 Å². The van der Waals surface area contributed by atoms with Gasteiger partial charge in [0.1, 0.15) is 5.52 Å². The molecule has 1 aliphatic rings. The van der Waals surface area contributed by atoms with E-state index in [1.807, 2.05) is 0 Å². The first-order valence-electron chi connectivity index (χ1n) is 9.53. The van der Waals surface area contributed by atoms with E-state index in [2.05, 4.69) is 25.6 Å². The molecule has 1 aliphatic heterocycles. The quantitative estimate of drug-likeness (QED) is 0.548. The molecule has 1 saturated heterocycles. The highest BCUT2D eigenvalue weighted by molar-refractivity contribution is 6.30. The second kappa shape index (κ2) is 8.27. The first-order valence-corrected chi connectivity index (χ1v) is 9.90. The van der Waals surface area contributed by atoms with E-state index in [1.54, 1.807) is 0 Å². The van der Waals surface area contributed by atoms with Gasteiger partial charge in [0.25, 0.3) is 0 Å². The lowest BCUT2D eigenvalue weighted by atomic mass is 10.0. The summed E-state index contributed by atoms with van der Waals surface area (Å²) in [5.41, 5.74) is 0.629. The summed E-state index contributed by atoms with van der Waals surface area (Å²) in [6, 6.07) is 4.19. The Morgan fingerprint density at radius 1 is 1.30 bits per heavy atom. The molecule has 4 rings (SSSR count). The predicted molar refractivity (Wildman–Crippen MR) is 108 cm³/mol. The van der Waals surface area contributed by atoms with Crippen LogP contribution in [0, 0.1) is 5.92 Å². The average molecular weight is 441 g/mol. The summed E-state index contributed by atoms with van der Waals surface area (Å²) in [6.45, 7) is 2.50. The number of hydrogen-bond acceptors (Lipinski definition) is 5. The molecule has 3 N–H and O–H groups in total. The van der Waals surface area contributed by atoms with Gasteiger partial charge in [-0.1, -0.05) is 17.7 Å². The number of fused-ring (bicyclic) bond motifs is 1. The Hall–Kier alpha value is -2.59. The molecule has 0 radical (unpaired) electrons. The van der Waals surface area contributed by atoms with Gasteiger partial charge in [0.05, 0.1) is 19.2 Å². The van der Waals surface area contributed by atoms with Gasteiger partial charge in [-0.05, 0) is 48.7 Å². The van der Waals surface area contributed by atoms with E-state index >= 15 is 0 Å². The van der Waals surface area contributed by atoms with Crippen LogP contribution in [0.1, 0.15) is 17.5 Å². The van der Waals surface area contributed by atoms with Gasteiger partial charge in [0, 0.05) is 11.6 Å². The van der Waals surface area contributed by atoms with Crippen LogP contribution in [-0.4, -0.2) is 45.3 Å². The number of hydrogen-bond donors (Lipinski definition) is 3. The number of aromatic nitrogens is 4. The van der Waals surface area contributed by atoms with Crippen LogP contribution in [0.4, 0.5) is 19.1 Å². The molecule has 0 aliphatic carbocycles. The van der Waals surface area contributed by atoms with Gasteiger partial charge in [0.15, 0.2) is 5.65 Å². The largest absolute Gasteiger partial charge is 0.393 e.